The molecule has 0 saturated heterocycles. The maximum Gasteiger partial charge on any atom is 0.266 e. The van der Waals surface area contributed by atoms with E-state index in [1.165, 1.54) is 6.21 Å². The Morgan fingerprint density at radius 2 is 2.25 bits per heavy atom. The number of hydrogen-bond donors (Lipinski definition) is 1. The van der Waals surface area contributed by atoms with Crippen molar-refractivity contribution >= 4 is 17.7 Å². The molecule has 2 N–H and O–H groups in total. The van der Waals surface area contributed by atoms with Crippen molar-refractivity contribution in [1.82, 2.24) is 4.98 Å². The van der Waals surface area contributed by atoms with Crippen LogP contribution >= 0.6 is 0 Å². The molecule has 0 atom stereocenters. The number of nitrogens with two attached hydrogens (primary N) is 1. The molecule has 4 heteroatoms. The largest absolute Gasteiger partial charge is 0.364 e. The predicted octanol–water partition coefficient (Wildman–Crippen LogP) is 1.47. The standard InChI is InChI=1S/C12H13N3O/c1-8(7-15-10(3)12(13)16)11-5-4-6-14-9(11)2/h4-7H,1,3H2,2H3,(H2,13,16)/b15-7+. The Morgan fingerprint density at radius 3 is 2.81 bits per heavy atom. The van der Waals surface area contributed by atoms with Crippen LogP contribution in [0.15, 0.2) is 42.2 Å². The van der Waals surface area contributed by atoms with Gasteiger partial charge in [0.25, 0.3) is 5.91 Å². The maximum atomic E-state index is 10.7. The van der Waals surface area contributed by atoms with Gasteiger partial charge in [-0.3, -0.25) is 14.8 Å². The number of allylic oxidation sites excluding steroid dienone is 1. The molecule has 0 aliphatic rings. The van der Waals surface area contributed by atoms with Crippen molar-refractivity contribution in [3.05, 3.63) is 48.4 Å². The van der Waals surface area contributed by atoms with Crippen LogP contribution < -0.4 is 5.73 Å². The van der Waals surface area contributed by atoms with Crippen LogP contribution in [0.5, 0.6) is 0 Å². The number of aliphatic imine (C=N–C) groups is 1. The first-order chi connectivity index (χ1) is 7.52. The first-order valence-electron chi connectivity index (χ1n) is 4.66. The summed E-state index contributed by atoms with van der Waals surface area (Å²) in [6.45, 7) is 9.12. The number of primary amides is 1. The number of carbonyl (C=O) groups is 1. The molecule has 0 radical (unpaired) electrons. The van der Waals surface area contributed by atoms with Gasteiger partial charge in [0.05, 0.1) is 0 Å². The summed E-state index contributed by atoms with van der Waals surface area (Å²) in [6.07, 6.45) is 3.16. The highest BCUT2D eigenvalue weighted by atomic mass is 16.1. The highest BCUT2D eigenvalue weighted by Crippen LogP contribution is 2.13. The van der Waals surface area contributed by atoms with Crippen LogP contribution in [0.1, 0.15) is 11.3 Å². The lowest BCUT2D eigenvalue weighted by atomic mass is 10.1. The number of amides is 1. The van der Waals surface area contributed by atoms with Crippen LogP contribution in [0, 0.1) is 6.92 Å². The molecule has 0 aliphatic heterocycles. The van der Waals surface area contributed by atoms with Crippen LogP contribution in [0.4, 0.5) is 0 Å². The highest BCUT2D eigenvalue weighted by Gasteiger charge is 2.01. The summed E-state index contributed by atoms with van der Waals surface area (Å²) in [5.41, 5.74) is 7.39. The normalized spacial score (nSPS) is 10.3. The van der Waals surface area contributed by atoms with Gasteiger partial charge in [0, 0.05) is 23.7 Å². The smallest absolute Gasteiger partial charge is 0.266 e. The fourth-order valence-corrected chi connectivity index (χ4v) is 1.11. The molecular weight excluding hydrogens is 202 g/mol. The zero-order chi connectivity index (χ0) is 12.1. The first-order valence-corrected chi connectivity index (χ1v) is 4.66. The fraction of sp³-hybridized carbons (Fsp3) is 0.0833. The van der Waals surface area contributed by atoms with Crippen molar-refractivity contribution in [2.75, 3.05) is 0 Å². The predicted molar refractivity (Wildman–Crippen MR) is 64.8 cm³/mol. The van der Waals surface area contributed by atoms with Crippen molar-refractivity contribution in [2.24, 2.45) is 10.7 Å². The van der Waals surface area contributed by atoms with Crippen LogP contribution in [0.3, 0.4) is 0 Å². The van der Waals surface area contributed by atoms with E-state index >= 15 is 0 Å². The first kappa shape index (κ1) is 11.8. The molecular formula is C12H13N3O. The third-order valence-corrected chi connectivity index (χ3v) is 2.01. The Labute approximate surface area is 94.2 Å². The molecule has 4 nitrogen and oxygen atoms in total. The zero-order valence-electron chi connectivity index (χ0n) is 9.10. The average Bonchev–Trinajstić information content (AvgIpc) is 2.25. The monoisotopic (exact) mass is 215 g/mol. The van der Waals surface area contributed by atoms with E-state index in [2.05, 4.69) is 23.1 Å². The number of aromatic nitrogens is 1. The molecule has 1 aromatic rings. The number of aryl methyl sites for hydroxylation is 1. The summed E-state index contributed by atoms with van der Waals surface area (Å²) in [7, 11) is 0. The van der Waals surface area contributed by atoms with E-state index in [-0.39, 0.29) is 5.70 Å². The number of rotatable bonds is 4. The lowest BCUT2D eigenvalue weighted by Crippen LogP contribution is -2.11. The molecule has 0 aliphatic carbocycles. The zero-order valence-corrected chi connectivity index (χ0v) is 9.10. The minimum atomic E-state index is -0.646. The molecule has 1 amide bonds. The Bertz CT molecular complexity index is 475. The Morgan fingerprint density at radius 1 is 1.56 bits per heavy atom. The van der Waals surface area contributed by atoms with Crippen LogP contribution in [-0.2, 0) is 4.79 Å². The Hall–Kier alpha value is -2.23. The Kier molecular flexibility index (Phi) is 3.72. The molecule has 1 rings (SSSR count). The molecule has 0 aromatic carbocycles. The van der Waals surface area contributed by atoms with Gasteiger partial charge in [-0.2, -0.15) is 0 Å². The molecule has 82 valence electrons. The topological polar surface area (TPSA) is 68.3 Å². The van der Waals surface area contributed by atoms with Gasteiger partial charge in [0.2, 0.25) is 0 Å². The van der Waals surface area contributed by atoms with Crippen molar-refractivity contribution in [3.8, 4) is 0 Å². The molecule has 16 heavy (non-hydrogen) atoms. The minimum absolute atomic E-state index is 0.00249. The van der Waals surface area contributed by atoms with Crippen molar-refractivity contribution in [2.45, 2.75) is 6.92 Å². The van der Waals surface area contributed by atoms with Gasteiger partial charge in [-0.25, -0.2) is 0 Å². The van der Waals surface area contributed by atoms with Gasteiger partial charge in [-0.1, -0.05) is 19.2 Å². The highest BCUT2D eigenvalue weighted by molar-refractivity contribution is 6.10. The summed E-state index contributed by atoms with van der Waals surface area (Å²) < 4.78 is 0. The second-order valence-electron chi connectivity index (χ2n) is 3.23. The molecule has 0 unspecified atom stereocenters. The van der Waals surface area contributed by atoms with E-state index in [0.29, 0.717) is 5.57 Å². The minimum Gasteiger partial charge on any atom is -0.364 e. The number of carbonyl (C=O) groups excluding carboxylic acids is 1. The van der Waals surface area contributed by atoms with E-state index in [1.807, 2.05) is 19.1 Å². The van der Waals surface area contributed by atoms with E-state index in [1.54, 1.807) is 6.20 Å². The van der Waals surface area contributed by atoms with Crippen LogP contribution in [0.25, 0.3) is 5.57 Å². The van der Waals surface area contributed by atoms with E-state index in [4.69, 9.17) is 5.73 Å². The summed E-state index contributed by atoms with van der Waals surface area (Å²) >= 11 is 0. The molecule has 0 saturated carbocycles. The van der Waals surface area contributed by atoms with Gasteiger partial charge in [0.1, 0.15) is 5.70 Å². The quantitative estimate of drug-likeness (QED) is 0.610. The van der Waals surface area contributed by atoms with Crippen LogP contribution in [-0.4, -0.2) is 17.1 Å². The summed E-state index contributed by atoms with van der Waals surface area (Å²) in [5.74, 6) is -0.646. The Balaban J connectivity index is 2.85. The van der Waals surface area contributed by atoms with Gasteiger partial charge >= 0.3 is 0 Å². The van der Waals surface area contributed by atoms with E-state index in [0.717, 1.165) is 11.3 Å². The van der Waals surface area contributed by atoms with Gasteiger partial charge < -0.3 is 5.73 Å². The summed E-state index contributed by atoms with van der Waals surface area (Å²) in [5, 5.41) is 0. The molecule has 1 heterocycles. The average molecular weight is 215 g/mol. The lowest BCUT2D eigenvalue weighted by Gasteiger charge is -2.02. The number of pyridine rings is 1. The third-order valence-electron chi connectivity index (χ3n) is 2.01. The molecule has 1 aromatic heterocycles. The third kappa shape index (κ3) is 2.88. The van der Waals surface area contributed by atoms with Gasteiger partial charge in [0.15, 0.2) is 0 Å². The second-order valence-corrected chi connectivity index (χ2v) is 3.23. The molecule has 0 fully saturated rings. The summed E-state index contributed by atoms with van der Waals surface area (Å²) in [4.78, 5) is 18.6. The summed E-state index contributed by atoms with van der Waals surface area (Å²) in [6, 6.07) is 3.69. The lowest BCUT2D eigenvalue weighted by molar-refractivity contribution is -0.114. The van der Waals surface area contributed by atoms with Crippen molar-refractivity contribution in [3.63, 3.8) is 0 Å². The van der Waals surface area contributed by atoms with E-state index in [9.17, 15) is 4.79 Å². The maximum absolute atomic E-state index is 10.7. The fourth-order valence-electron chi connectivity index (χ4n) is 1.11. The van der Waals surface area contributed by atoms with Crippen molar-refractivity contribution in [1.29, 1.82) is 0 Å². The molecule has 0 bridgehead atoms. The van der Waals surface area contributed by atoms with E-state index < -0.39 is 5.91 Å². The van der Waals surface area contributed by atoms with Crippen molar-refractivity contribution < 1.29 is 4.79 Å². The van der Waals surface area contributed by atoms with Gasteiger partial charge in [-0.05, 0) is 18.6 Å². The SMILES string of the molecule is C=C(/N=C/C(=C)c1cccnc1C)C(N)=O. The molecule has 0 spiro atoms. The van der Waals surface area contributed by atoms with Gasteiger partial charge in [-0.15, -0.1) is 0 Å². The number of nitrogens with zero attached hydrogens (tertiary/aromatic N) is 2. The second kappa shape index (κ2) is 5.02. The number of hydrogen-bond acceptors (Lipinski definition) is 3. The van der Waals surface area contributed by atoms with Crippen LogP contribution in [0.2, 0.25) is 0 Å².